The van der Waals surface area contributed by atoms with Crippen molar-refractivity contribution >= 4 is 34.3 Å². The summed E-state index contributed by atoms with van der Waals surface area (Å²) < 4.78 is 5.70. The number of ether oxygens (including phenoxy) is 1. The molecule has 0 saturated heterocycles. The van der Waals surface area contributed by atoms with E-state index >= 15 is 0 Å². The van der Waals surface area contributed by atoms with Crippen LogP contribution in [0.5, 0.6) is 11.6 Å². The van der Waals surface area contributed by atoms with E-state index in [0.29, 0.717) is 21.9 Å². The fourth-order valence-electron chi connectivity index (χ4n) is 1.75. The Bertz CT molecular complexity index is 766. The molecule has 6 heteroatoms. The van der Waals surface area contributed by atoms with Crippen LogP contribution < -0.4 is 4.74 Å². The summed E-state index contributed by atoms with van der Waals surface area (Å²) in [5.41, 5.74) is 0.922. The molecule has 0 unspecified atom stereocenters. The highest BCUT2D eigenvalue weighted by Gasteiger charge is 2.06. The van der Waals surface area contributed by atoms with Crippen LogP contribution in [0.1, 0.15) is 0 Å². The number of benzene rings is 1. The van der Waals surface area contributed by atoms with E-state index in [1.165, 1.54) is 11.8 Å². The minimum absolute atomic E-state index is 0.355. The third-order valence-electron chi connectivity index (χ3n) is 2.62. The van der Waals surface area contributed by atoms with Gasteiger partial charge in [0.25, 0.3) is 0 Å². The largest absolute Gasteiger partial charge is 0.437 e. The number of aromatic nitrogens is 3. The van der Waals surface area contributed by atoms with Crippen LogP contribution in [-0.4, -0.2) is 21.2 Å². The molecule has 0 atom stereocenters. The van der Waals surface area contributed by atoms with Gasteiger partial charge in [-0.3, -0.25) is 4.98 Å². The minimum atomic E-state index is 0.355. The second-order valence-electron chi connectivity index (χ2n) is 3.98. The maximum absolute atomic E-state index is 5.93. The molecule has 0 fully saturated rings. The molecule has 0 saturated carbocycles. The molecule has 0 bridgehead atoms. The molecule has 0 aliphatic rings. The van der Waals surface area contributed by atoms with Crippen molar-refractivity contribution in [1.82, 2.24) is 15.0 Å². The van der Waals surface area contributed by atoms with Crippen LogP contribution in [0.3, 0.4) is 0 Å². The second kappa shape index (κ2) is 5.64. The Hall–Kier alpha value is -1.85. The number of nitrogens with zero attached hydrogens (tertiary/aromatic N) is 3. The van der Waals surface area contributed by atoms with Crippen LogP contribution in [0.25, 0.3) is 10.9 Å². The van der Waals surface area contributed by atoms with Gasteiger partial charge in [0.1, 0.15) is 10.9 Å². The van der Waals surface area contributed by atoms with E-state index in [4.69, 9.17) is 16.3 Å². The van der Waals surface area contributed by atoms with Crippen molar-refractivity contribution in [2.24, 2.45) is 0 Å². The fraction of sp³-hybridized carbons (Fsp3) is 0.0714. The van der Waals surface area contributed by atoms with Gasteiger partial charge in [0.2, 0.25) is 5.88 Å². The fourth-order valence-corrected chi connectivity index (χ4v) is 2.34. The predicted octanol–water partition coefficient (Wildman–Crippen LogP) is 4.19. The number of halogens is 1. The van der Waals surface area contributed by atoms with Crippen LogP contribution in [-0.2, 0) is 0 Å². The average molecular weight is 304 g/mol. The van der Waals surface area contributed by atoms with Gasteiger partial charge in [-0.05, 0) is 18.4 Å². The van der Waals surface area contributed by atoms with E-state index < -0.39 is 0 Å². The summed E-state index contributed by atoms with van der Waals surface area (Å²) in [6, 6.07) is 11.3. The smallest absolute Gasteiger partial charge is 0.224 e. The number of pyridine rings is 1. The minimum Gasteiger partial charge on any atom is -0.437 e. The van der Waals surface area contributed by atoms with Crippen LogP contribution in [0.2, 0.25) is 5.15 Å². The molecule has 100 valence electrons. The Kier molecular flexibility index (Phi) is 3.71. The summed E-state index contributed by atoms with van der Waals surface area (Å²) in [5.74, 6) is 1.02. The number of para-hydroxylation sites is 1. The first kappa shape index (κ1) is 13.1. The van der Waals surface area contributed by atoms with E-state index in [1.807, 2.05) is 36.6 Å². The number of hydrogen-bond donors (Lipinski definition) is 0. The van der Waals surface area contributed by atoms with Crippen LogP contribution >= 0.6 is 23.4 Å². The molecule has 0 amide bonds. The number of hydrogen-bond acceptors (Lipinski definition) is 5. The zero-order chi connectivity index (χ0) is 13.9. The zero-order valence-corrected chi connectivity index (χ0v) is 12.1. The summed E-state index contributed by atoms with van der Waals surface area (Å²) in [6.45, 7) is 0. The van der Waals surface area contributed by atoms with Gasteiger partial charge >= 0.3 is 0 Å². The lowest BCUT2D eigenvalue weighted by Gasteiger charge is -2.06. The van der Waals surface area contributed by atoms with Gasteiger partial charge < -0.3 is 4.74 Å². The molecule has 1 aromatic carbocycles. The van der Waals surface area contributed by atoms with E-state index in [0.717, 1.165) is 10.9 Å². The molecule has 0 radical (unpaired) electrons. The second-order valence-corrected chi connectivity index (χ2v) is 5.14. The SMILES string of the molecule is CSc1nc(Cl)cc(Oc2cnc3ccccc3c2)n1. The number of thioether (sulfide) groups is 1. The van der Waals surface area contributed by atoms with Gasteiger partial charge in [0, 0.05) is 11.5 Å². The normalized spacial score (nSPS) is 10.7. The first-order valence-electron chi connectivity index (χ1n) is 5.86. The van der Waals surface area contributed by atoms with Gasteiger partial charge in [-0.2, -0.15) is 4.98 Å². The monoisotopic (exact) mass is 303 g/mol. The van der Waals surface area contributed by atoms with Crippen molar-refractivity contribution in [3.63, 3.8) is 0 Å². The molecule has 2 aromatic heterocycles. The lowest BCUT2D eigenvalue weighted by Crippen LogP contribution is -1.93. The van der Waals surface area contributed by atoms with E-state index in [2.05, 4.69) is 15.0 Å². The van der Waals surface area contributed by atoms with Crippen LogP contribution in [0.4, 0.5) is 0 Å². The third kappa shape index (κ3) is 2.84. The molecular weight excluding hydrogens is 294 g/mol. The van der Waals surface area contributed by atoms with Crippen molar-refractivity contribution in [3.8, 4) is 11.6 Å². The van der Waals surface area contributed by atoms with Gasteiger partial charge in [-0.1, -0.05) is 41.6 Å². The highest BCUT2D eigenvalue weighted by Crippen LogP contribution is 2.25. The number of fused-ring (bicyclic) bond motifs is 1. The highest BCUT2D eigenvalue weighted by atomic mass is 35.5. The van der Waals surface area contributed by atoms with Crippen molar-refractivity contribution in [3.05, 3.63) is 47.7 Å². The van der Waals surface area contributed by atoms with E-state index in [9.17, 15) is 0 Å². The molecule has 3 rings (SSSR count). The first-order valence-corrected chi connectivity index (χ1v) is 7.46. The maximum atomic E-state index is 5.93. The molecule has 20 heavy (non-hydrogen) atoms. The van der Waals surface area contributed by atoms with Gasteiger partial charge in [0.05, 0.1) is 11.7 Å². The van der Waals surface area contributed by atoms with Crippen molar-refractivity contribution in [2.75, 3.05) is 6.26 Å². The first-order chi connectivity index (χ1) is 9.74. The topological polar surface area (TPSA) is 47.9 Å². The molecule has 0 aliphatic carbocycles. The van der Waals surface area contributed by atoms with Crippen molar-refractivity contribution < 1.29 is 4.74 Å². The highest BCUT2D eigenvalue weighted by molar-refractivity contribution is 7.98. The molecular formula is C14H10ClN3OS. The summed E-state index contributed by atoms with van der Waals surface area (Å²) in [6.07, 6.45) is 3.55. The Morgan fingerprint density at radius 2 is 2.00 bits per heavy atom. The number of rotatable bonds is 3. The molecule has 0 aliphatic heterocycles. The molecule has 4 nitrogen and oxygen atoms in total. The standard InChI is InChI=1S/C14H10ClN3OS/c1-20-14-17-12(15)7-13(18-14)19-10-6-9-4-2-3-5-11(9)16-8-10/h2-8H,1H3. The molecule has 3 aromatic rings. The third-order valence-corrected chi connectivity index (χ3v) is 3.36. The molecule has 2 heterocycles. The van der Waals surface area contributed by atoms with Gasteiger partial charge in [-0.25, -0.2) is 4.98 Å². The Balaban J connectivity index is 1.94. The average Bonchev–Trinajstić information content (AvgIpc) is 2.46. The lowest BCUT2D eigenvalue weighted by atomic mass is 10.2. The molecule has 0 spiro atoms. The Labute approximate surface area is 125 Å². The van der Waals surface area contributed by atoms with E-state index in [-0.39, 0.29) is 0 Å². The van der Waals surface area contributed by atoms with Gasteiger partial charge in [0.15, 0.2) is 5.16 Å². The quantitative estimate of drug-likeness (QED) is 0.412. The van der Waals surface area contributed by atoms with E-state index in [1.54, 1.807) is 12.3 Å². The predicted molar refractivity (Wildman–Crippen MR) is 80.6 cm³/mol. The summed E-state index contributed by atoms with van der Waals surface area (Å²) in [5, 5.41) is 1.93. The van der Waals surface area contributed by atoms with Crippen LogP contribution in [0, 0.1) is 0 Å². The Morgan fingerprint density at radius 1 is 1.15 bits per heavy atom. The summed E-state index contributed by atoms with van der Waals surface area (Å²) >= 11 is 7.34. The Morgan fingerprint density at radius 3 is 2.85 bits per heavy atom. The zero-order valence-electron chi connectivity index (χ0n) is 10.6. The van der Waals surface area contributed by atoms with Crippen molar-refractivity contribution in [2.45, 2.75) is 5.16 Å². The maximum Gasteiger partial charge on any atom is 0.224 e. The van der Waals surface area contributed by atoms with Gasteiger partial charge in [-0.15, -0.1) is 0 Å². The van der Waals surface area contributed by atoms with Crippen molar-refractivity contribution in [1.29, 1.82) is 0 Å². The summed E-state index contributed by atoms with van der Waals surface area (Å²) in [4.78, 5) is 12.6. The van der Waals surface area contributed by atoms with Crippen LogP contribution in [0.15, 0.2) is 47.8 Å². The summed E-state index contributed by atoms with van der Waals surface area (Å²) in [7, 11) is 0. The lowest BCUT2D eigenvalue weighted by molar-refractivity contribution is 0.454. The molecule has 0 N–H and O–H groups in total.